The van der Waals surface area contributed by atoms with E-state index in [4.69, 9.17) is 11.6 Å². The molecule has 26 heavy (non-hydrogen) atoms. The molecule has 1 saturated heterocycles. The highest BCUT2D eigenvalue weighted by Crippen LogP contribution is 2.30. The van der Waals surface area contributed by atoms with E-state index in [0.29, 0.717) is 10.6 Å². The molecule has 2 aromatic carbocycles. The number of piperidine rings is 1. The maximum absolute atomic E-state index is 12.9. The van der Waals surface area contributed by atoms with Crippen LogP contribution in [0.15, 0.2) is 58.3 Å². The zero-order valence-corrected chi connectivity index (χ0v) is 16.7. The molecule has 1 heterocycles. The molecule has 0 aromatic heterocycles. The maximum atomic E-state index is 12.9. The lowest BCUT2D eigenvalue weighted by Crippen LogP contribution is -2.42. The highest BCUT2D eigenvalue weighted by Gasteiger charge is 2.36. The standard InChI is InChI=1S/C18H20ClNO4S2/c1-14-17(19)8-5-9-18(14)26(23,24)20-12-10-16(11-13-20)25(21,22)15-6-3-2-4-7-15/h2-9,16H,10-13H2,1H3. The molecule has 3 rings (SSSR count). The van der Waals surface area contributed by atoms with E-state index in [1.165, 1.54) is 10.4 Å². The first-order chi connectivity index (χ1) is 12.2. The van der Waals surface area contributed by atoms with Crippen LogP contribution < -0.4 is 0 Å². The van der Waals surface area contributed by atoms with E-state index in [1.54, 1.807) is 49.4 Å². The third-order valence-corrected chi connectivity index (χ3v) is 9.48. The van der Waals surface area contributed by atoms with Crippen molar-refractivity contribution in [3.8, 4) is 0 Å². The van der Waals surface area contributed by atoms with Crippen molar-refractivity contribution in [1.29, 1.82) is 0 Å². The number of rotatable bonds is 4. The predicted octanol–water partition coefficient (Wildman–Crippen LogP) is 3.28. The number of sulfone groups is 1. The Kier molecular flexibility index (Phi) is 5.44. The minimum absolute atomic E-state index is 0.172. The van der Waals surface area contributed by atoms with E-state index in [9.17, 15) is 16.8 Å². The second-order valence-electron chi connectivity index (χ2n) is 6.32. The van der Waals surface area contributed by atoms with Gasteiger partial charge in [0.25, 0.3) is 0 Å². The van der Waals surface area contributed by atoms with Gasteiger partial charge in [0.05, 0.1) is 15.0 Å². The highest BCUT2D eigenvalue weighted by molar-refractivity contribution is 7.92. The fourth-order valence-electron chi connectivity index (χ4n) is 3.19. The first-order valence-electron chi connectivity index (χ1n) is 8.29. The molecule has 0 N–H and O–H groups in total. The average Bonchev–Trinajstić information content (AvgIpc) is 2.64. The summed E-state index contributed by atoms with van der Waals surface area (Å²) in [5.41, 5.74) is 0.508. The molecular weight excluding hydrogens is 394 g/mol. The van der Waals surface area contributed by atoms with Crippen LogP contribution in [0.25, 0.3) is 0 Å². The summed E-state index contributed by atoms with van der Waals surface area (Å²) < 4.78 is 52.6. The molecule has 1 fully saturated rings. The van der Waals surface area contributed by atoms with Gasteiger partial charge >= 0.3 is 0 Å². The fourth-order valence-corrected chi connectivity index (χ4v) is 6.89. The topological polar surface area (TPSA) is 71.5 Å². The Balaban J connectivity index is 1.79. The van der Waals surface area contributed by atoms with Gasteiger partial charge in [0, 0.05) is 18.1 Å². The van der Waals surface area contributed by atoms with E-state index >= 15 is 0 Å². The fraction of sp³-hybridized carbons (Fsp3) is 0.333. The minimum atomic E-state index is -3.69. The summed E-state index contributed by atoms with van der Waals surface area (Å²) in [5, 5.41) is -0.176. The SMILES string of the molecule is Cc1c(Cl)cccc1S(=O)(=O)N1CCC(S(=O)(=O)c2ccccc2)CC1. The lowest BCUT2D eigenvalue weighted by Gasteiger charge is -2.31. The van der Waals surface area contributed by atoms with Gasteiger partial charge in [-0.1, -0.05) is 35.9 Å². The molecule has 0 unspecified atom stereocenters. The zero-order valence-electron chi connectivity index (χ0n) is 14.3. The van der Waals surface area contributed by atoms with Crippen molar-refractivity contribution in [1.82, 2.24) is 4.31 Å². The average molecular weight is 414 g/mol. The molecular formula is C18H20ClNO4S2. The van der Waals surface area contributed by atoms with Crippen LogP contribution in [0.2, 0.25) is 5.02 Å². The van der Waals surface area contributed by atoms with Crippen LogP contribution in [0.3, 0.4) is 0 Å². The van der Waals surface area contributed by atoms with Crippen LogP contribution in [-0.4, -0.2) is 39.5 Å². The van der Waals surface area contributed by atoms with Gasteiger partial charge in [-0.25, -0.2) is 16.8 Å². The van der Waals surface area contributed by atoms with Crippen molar-refractivity contribution in [2.45, 2.75) is 34.8 Å². The zero-order chi connectivity index (χ0) is 18.9. The smallest absolute Gasteiger partial charge is 0.223 e. The second-order valence-corrected chi connectivity index (χ2v) is 10.9. The molecule has 0 bridgehead atoms. The van der Waals surface area contributed by atoms with E-state index in [1.807, 2.05) is 0 Å². The third-order valence-electron chi connectivity index (χ3n) is 4.75. The number of hydrogen-bond donors (Lipinski definition) is 0. The normalized spacial score (nSPS) is 17.3. The lowest BCUT2D eigenvalue weighted by atomic mass is 10.2. The van der Waals surface area contributed by atoms with Crippen molar-refractivity contribution >= 4 is 31.5 Å². The van der Waals surface area contributed by atoms with Gasteiger partial charge in [-0.3, -0.25) is 0 Å². The Hall–Kier alpha value is -1.41. The first kappa shape index (κ1) is 19.4. The number of hydrogen-bond acceptors (Lipinski definition) is 4. The summed E-state index contributed by atoms with van der Waals surface area (Å²) in [6, 6.07) is 13.1. The van der Waals surface area contributed by atoms with E-state index in [2.05, 4.69) is 0 Å². The van der Waals surface area contributed by atoms with Gasteiger partial charge in [0.1, 0.15) is 0 Å². The van der Waals surface area contributed by atoms with E-state index < -0.39 is 25.1 Å². The Labute approximate surface area is 159 Å². The third kappa shape index (κ3) is 3.53. The molecule has 0 saturated carbocycles. The molecule has 1 aliphatic rings. The summed E-state index contributed by atoms with van der Waals surface area (Å²) in [7, 11) is -7.15. The molecule has 5 nitrogen and oxygen atoms in total. The monoisotopic (exact) mass is 413 g/mol. The number of benzene rings is 2. The van der Waals surface area contributed by atoms with E-state index in [0.717, 1.165) is 0 Å². The molecule has 0 spiro atoms. The number of sulfonamides is 1. The van der Waals surface area contributed by atoms with Gasteiger partial charge in [0.2, 0.25) is 10.0 Å². The molecule has 2 aromatic rings. The molecule has 0 atom stereocenters. The largest absolute Gasteiger partial charge is 0.243 e. The van der Waals surface area contributed by atoms with Crippen molar-refractivity contribution in [2.75, 3.05) is 13.1 Å². The van der Waals surface area contributed by atoms with Crippen molar-refractivity contribution in [3.63, 3.8) is 0 Å². The summed E-state index contributed by atoms with van der Waals surface area (Å²) in [6.07, 6.45) is 0.548. The summed E-state index contributed by atoms with van der Waals surface area (Å²) in [4.78, 5) is 0.460. The van der Waals surface area contributed by atoms with Gasteiger partial charge in [-0.15, -0.1) is 0 Å². The molecule has 0 aliphatic carbocycles. The lowest BCUT2D eigenvalue weighted by molar-refractivity contribution is 0.345. The summed E-state index contributed by atoms with van der Waals surface area (Å²) in [5.74, 6) is 0. The summed E-state index contributed by atoms with van der Waals surface area (Å²) in [6.45, 7) is 2.01. The van der Waals surface area contributed by atoms with E-state index in [-0.39, 0.29) is 35.7 Å². The molecule has 140 valence electrons. The van der Waals surface area contributed by atoms with Gasteiger partial charge in [0.15, 0.2) is 9.84 Å². The van der Waals surface area contributed by atoms with Crippen molar-refractivity contribution < 1.29 is 16.8 Å². The molecule has 1 aliphatic heterocycles. The van der Waals surface area contributed by atoms with Gasteiger partial charge in [-0.2, -0.15) is 4.31 Å². The Morgan fingerprint density at radius 1 is 0.923 bits per heavy atom. The molecule has 0 amide bonds. The predicted molar refractivity (Wildman–Crippen MR) is 102 cm³/mol. The molecule has 8 heteroatoms. The van der Waals surface area contributed by atoms with Crippen molar-refractivity contribution in [3.05, 3.63) is 59.1 Å². The van der Waals surface area contributed by atoms with Crippen LogP contribution in [0.1, 0.15) is 18.4 Å². The Morgan fingerprint density at radius 2 is 1.54 bits per heavy atom. The quantitative estimate of drug-likeness (QED) is 0.771. The van der Waals surface area contributed by atoms with Crippen LogP contribution in [0, 0.1) is 6.92 Å². The Bertz CT molecular complexity index is 997. The van der Waals surface area contributed by atoms with Crippen LogP contribution in [0.5, 0.6) is 0 Å². The maximum Gasteiger partial charge on any atom is 0.243 e. The highest BCUT2D eigenvalue weighted by atomic mass is 35.5. The van der Waals surface area contributed by atoms with Gasteiger partial charge < -0.3 is 0 Å². The first-order valence-corrected chi connectivity index (χ1v) is 11.7. The number of nitrogens with zero attached hydrogens (tertiary/aromatic N) is 1. The van der Waals surface area contributed by atoms with Gasteiger partial charge in [-0.05, 0) is 49.6 Å². The minimum Gasteiger partial charge on any atom is -0.223 e. The molecule has 0 radical (unpaired) electrons. The van der Waals surface area contributed by atoms with Crippen LogP contribution >= 0.6 is 11.6 Å². The second kappa shape index (κ2) is 7.31. The van der Waals surface area contributed by atoms with Crippen LogP contribution in [0.4, 0.5) is 0 Å². The summed E-state index contributed by atoms with van der Waals surface area (Å²) >= 11 is 6.05. The van der Waals surface area contributed by atoms with Crippen molar-refractivity contribution in [2.24, 2.45) is 0 Å². The number of halogens is 1. The Morgan fingerprint density at radius 3 is 2.15 bits per heavy atom. The van der Waals surface area contributed by atoms with Crippen LogP contribution in [-0.2, 0) is 19.9 Å².